The first kappa shape index (κ1) is 16.3. The third-order valence-electron chi connectivity index (χ3n) is 1.33. The lowest BCUT2D eigenvalue weighted by molar-refractivity contribution is -0.152. The van der Waals surface area contributed by atoms with Crippen molar-refractivity contribution in [3.63, 3.8) is 0 Å². The average Bonchev–Trinajstić information content (AvgIpc) is 2.14. The van der Waals surface area contributed by atoms with Gasteiger partial charge in [-0.1, -0.05) is 13.3 Å². The Hall–Kier alpha value is -1.18. The molecular weight excluding hydrogens is 204 g/mol. The minimum Gasteiger partial charge on any atom is -0.481 e. The van der Waals surface area contributed by atoms with Crippen LogP contribution in [0.5, 0.6) is 0 Å². The molecular formula is C8H18N2O5. The van der Waals surface area contributed by atoms with Crippen LogP contribution in [0.25, 0.3) is 0 Å². The molecule has 0 amide bonds. The first-order chi connectivity index (χ1) is 6.95. The molecule has 0 saturated heterocycles. The number of hydrazine groups is 1. The molecule has 0 aromatic rings. The van der Waals surface area contributed by atoms with Crippen molar-refractivity contribution in [2.75, 3.05) is 6.54 Å². The number of unbranched alkanes of at least 4 members (excludes halogenated alkanes) is 1. The monoisotopic (exact) mass is 222 g/mol. The highest BCUT2D eigenvalue weighted by Gasteiger charge is 2.16. The quantitative estimate of drug-likeness (QED) is 0.225. The summed E-state index contributed by atoms with van der Waals surface area (Å²) in [4.78, 5) is 19.4. The molecule has 0 aliphatic rings. The van der Waals surface area contributed by atoms with E-state index < -0.39 is 24.5 Å². The number of nitrogens with two attached hydrogens (primary N) is 1. The summed E-state index contributed by atoms with van der Waals surface area (Å²) < 4.78 is 0. The Labute approximate surface area is 87.9 Å². The highest BCUT2D eigenvalue weighted by Crippen LogP contribution is 1.89. The van der Waals surface area contributed by atoms with Gasteiger partial charge in [0.1, 0.15) is 0 Å². The molecule has 6 N–H and O–H groups in total. The number of carboxylic acids is 2. The topological polar surface area (TPSA) is 133 Å². The molecule has 0 saturated carbocycles. The zero-order valence-corrected chi connectivity index (χ0v) is 8.64. The molecule has 90 valence electrons. The SMILES string of the molecule is CCCCNN.O=C(O)CC(O)C(=O)O. The number of nitrogens with one attached hydrogen (secondary N) is 1. The predicted octanol–water partition coefficient (Wildman–Crippen LogP) is -0.844. The second-order valence-corrected chi connectivity index (χ2v) is 2.76. The standard InChI is InChI=1S/C4H12N2.C4H6O5/c1-2-3-4-6-5;5-2(4(8)9)1-3(6)7/h6H,2-5H2,1H3;2,5H,1H2,(H,6,7)(H,8,9). The fraction of sp³-hybridized carbons (Fsp3) is 0.750. The van der Waals surface area contributed by atoms with E-state index in [4.69, 9.17) is 21.2 Å². The summed E-state index contributed by atoms with van der Waals surface area (Å²) in [5, 5.41) is 24.1. The van der Waals surface area contributed by atoms with Gasteiger partial charge in [0.05, 0.1) is 6.42 Å². The molecule has 0 rings (SSSR count). The lowest BCUT2D eigenvalue weighted by Gasteiger charge is -1.97. The zero-order chi connectivity index (χ0) is 12.3. The molecule has 0 aromatic heterocycles. The van der Waals surface area contributed by atoms with E-state index in [1.165, 1.54) is 12.8 Å². The van der Waals surface area contributed by atoms with E-state index in [1.54, 1.807) is 0 Å². The normalized spacial score (nSPS) is 11.1. The van der Waals surface area contributed by atoms with Gasteiger partial charge in [-0.3, -0.25) is 16.1 Å². The maximum absolute atomic E-state index is 9.72. The summed E-state index contributed by atoms with van der Waals surface area (Å²) in [6, 6.07) is 0. The van der Waals surface area contributed by atoms with Crippen molar-refractivity contribution in [1.29, 1.82) is 0 Å². The smallest absolute Gasteiger partial charge is 0.333 e. The Balaban J connectivity index is 0. The molecule has 0 radical (unpaired) electrons. The van der Waals surface area contributed by atoms with E-state index >= 15 is 0 Å². The first-order valence-electron chi connectivity index (χ1n) is 4.51. The number of aliphatic hydroxyl groups is 1. The van der Waals surface area contributed by atoms with E-state index in [0.717, 1.165) is 6.54 Å². The van der Waals surface area contributed by atoms with E-state index in [9.17, 15) is 9.59 Å². The van der Waals surface area contributed by atoms with Crippen molar-refractivity contribution in [3.05, 3.63) is 0 Å². The van der Waals surface area contributed by atoms with Crippen molar-refractivity contribution in [1.82, 2.24) is 5.43 Å². The van der Waals surface area contributed by atoms with Gasteiger partial charge in [-0.15, -0.1) is 0 Å². The van der Waals surface area contributed by atoms with E-state index in [0.29, 0.717) is 0 Å². The van der Waals surface area contributed by atoms with Crippen LogP contribution in [0.15, 0.2) is 0 Å². The maximum Gasteiger partial charge on any atom is 0.333 e. The molecule has 1 atom stereocenters. The molecule has 0 fully saturated rings. The van der Waals surface area contributed by atoms with Crippen LogP contribution in [-0.2, 0) is 9.59 Å². The summed E-state index contributed by atoms with van der Waals surface area (Å²) in [6.07, 6.45) is -0.154. The van der Waals surface area contributed by atoms with Crippen molar-refractivity contribution in [2.45, 2.75) is 32.3 Å². The third kappa shape index (κ3) is 15.6. The highest BCUT2D eigenvalue weighted by atomic mass is 16.4. The van der Waals surface area contributed by atoms with Crippen molar-refractivity contribution < 1.29 is 24.9 Å². The molecule has 7 heteroatoms. The van der Waals surface area contributed by atoms with Crippen LogP contribution in [0.2, 0.25) is 0 Å². The van der Waals surface area contributed by atoms with Gasteiger partial charge in [-0.2, -0.15) is 0 Å². The summed E-state index contributed by atoms with van der Waals surface area (Å²) in [7, 11) is 0. The Morgan fingerprint density at radius 3 is 2.07 bits per heavy atom. The minimum absolute atomic E-state index is 0.755. The molecule has 0 aliphatic carbocycles. The van der Waals surface area contributed by atoms with Crippen LogP contribution in [0, 0.1) is 0 Å². The molecule has 1 unspecified atom stereocenters. The van der Waals surface area contributed by atoms with Crippen LogP contribution < -0.4 is 11.3 Å². The largest absolute Gasteiger partial charge is 0.481 e. The second kappa shape index (κ2) is 10.9. The van der Waals surface area contributed by atoms with Gasteiger partial charge in [-0.25, -0.2) is 4.79 Å². The Morgan fingerprint density at radius 2 is 1.93 bits per heavy atom. The van der Waals surface area contributed by atoms with Crippen LogP contribution in [-0.4, -0.2) is 39.9 Å². The van der Waals surface area contributed by atoms with Crippen LogP contribution in [0.1, 0.15) is 26.2 Å². The van der Waals surface area contributed by atoms with Crippen molar-refractivity contribution >= 4 is 11.9 Å². The number of hydrogen-bond acceptors (Lipinski definition) is 5. The molecule has 0 aliphatic heterocycles. The van der Waals surface area contributed by atoms with Gasteiger partial charge in [0.2, 0.25) is 0 Å². The number of aliphatic carboxylic acids is 2. The molecule has 0 heterocycles. The van der Waals surface area contributed by atoms with Gasteiger partial charge < -0.3 is 15.3 Å². The van der Waals surface area contributed by atoms with Gasteiger partial charge in [0.15, 0.2) is 6.10 Å². The molecule has 0 bridgehead atoms. The van der Waals surface area contributed by atoms with E-state index in [1.807, 2.05) is 0 Å². The van der Waals surface area contributed by atoms with Crippen LogP contribution in [0.4, 0.5) is 0 Å². The molecule has 0 aromatic carbocycles. The van der Waals surface area contributed by atoms with Crippen molar-refractivity contribution in [3.8, 4) is 0 Å². The fourth-order valence-electron chi connectivity index (χ4n) is 0.532. The number of aliphatic hydroxyl groups excluding tert-OH is 1. The molecule has 15 heavy (non-hydrogen) atoms. The maximum atomic E-state index is 9.72. The number of rotatable bonds is 6. The van der Waals surface area contributed by atoms with Crippen LogP contribution >= 0.6 is 0 Å². The molecule has 0 spiro atoms. The zero-order valence-electron chi connectivity index (χ0n) is 8.64. The number of carboxylic acid groups (broad SMARTS) is 2. The van der Waals surface area contributed by atoms with E-state index in [2.05, 4.69) is 12.3 Å². The van der Waals surface area contributed by atoms with Gasteiger partial charge in [0.25, 0.3) is 0 Å². The lowest BCUT2D eigenvalue weighted by atomic mass is 10.3. The molecule has 7 nitrogen and oxygen atoms in total. The summed E-state index contributed by atoms with van der Waals surface area (Å²) in [5.74, 6) is 2.12. The van der Waals surface area contributed by atoms with E-state index in [-0.39, 0.29) is 0 Å². The van der Waals surface area contributed by atoms with Gasteiger partial charge >= 0.3 is 11.9 Å². The summed E-state index contributed by atoms with van der Waals surface area (Å²) in [5.41, 5.74) is 2.57. The number of carbonyl (C=O) groups is 2. The van der Waals surface area contributed by atoms with Gasteiger partial charge in [0, 0.05) is 6.54 Å². The summed E-state index contributed by atoms with van der Waals surface area (Å²) >= 11 is 0. The fourth-order valence-corrected chi connectivity index (χ4v) is 0.532. The predicted molar refractivity (Wildman–Crippen MR) is 53.0 cm³/mol. The first-order valence-corrected chi connectivity index (χ1v) is 4.51. The third-order valence-corrected chi connectivity index (χ3v) is 1.33. The second-order valence-electron chi connectivity index (χ2n) is 2.76. The highest BCUT2D eigenvalue weighted by molar-refractivity contribution is 5.79. The Morgan fingerprint density at radius 1 is 1.40 bits per heavy atom. The average molecular weight is 222 g/mol. The summed E-state index contributed by atoms with van der Waals surface area (Å²) in [6.45, 7) is 3.08. The van der Waals surface area contributed by atoms with Gasteiger partial charge in [-0.05, 0) is 6.42 Å². The number of hydrogen-bond donors (Lipinski definition) is 5. The van der Waals surface area contributed by atoms with Crippen LogP contribution in [0.3, 0.4) is 0 Å². The Bertz CT molecular complexity index is 182. The lowest BCUT2D eigenvalue weighted by Crippen LogP contribution is -2.22. The minimum atomic E-state index is -1.79. The van der Waals surface area contributed by atoms with Crippen molar-refractivity contribution in [2.24, 2.45) is 5.84 Å². The Kier molecular flexibility index (Phi) is 11.8.